The lowest BCUT2D eigenvalue weighted by Crippen LogP contribution is -2.33. The summed E-state index contributed by atoms with van der Waals surface area (Å²) < 4.78 is 0. The fraction of sp³-hybridized carbons (Fsp3) is 0.667. The van der Waals surface area contributed by atoms with Crippen LogP contribution in [-0.2, 0) is 0 Å². The third-order valence-electron chi connectivity index (χ3n) is 3.29. The zero-order valence-electron chi connectivity index (χ0n) is 9.69. The Balaban J connectivity index is 1.94. The van der Waals surface area contributed by atoms with E-state index >= 15 is 0 Å². The van der Waals surface area contributed by atoms with Gasteiger partial charge in [0.15, 0.2) is 5.15 Å². The molecule has 16 heavy (non-hydrogen) atoms. The van der Waals surface area contributed by atoms with Crippen molar-refractivity contribution in [1.82, 2.24) is 10.2 Å². The molecule has 0 aromatic carbocycles. The Morgan fingerprint density at radius 1 is 1.44 bits per heavy atom. The van der Waals surface area contributed by atoms with Crippen molar-refractivity contribution in [3.63, 3.8) is 0 Å². The fourth-order valence-electron chi connectivity index (χ4n) is 2.39. The van der Waals surface area contributed by atoms with Crippen molar-refractivity contribution in [2.75, 3.05) is 18.0 Å². The number of halogens is 1. The Hall–Kier alpha value is -0.830. The van der Waals surface area contributed by atoms with Crippen molar-refractivity contribution in [3.8, 4) is 0 Å². The van der Waals surface area contributed by atoms with E-state index in [0.717, 1.165) is 24.7 Å². The fourth-order valence-corrected chi connectivity index (χ4v) is 2.55. The molecular weight excluding hydrogens is 222 g/mol. The van der Waals surface area contributed by atoms with Crippen LogP contribution >= 0.6 is 11.6 Å². The van der Waals surface area contributed by atoms with Crippen LogP contribution in [0.4, 0.5) is 5.69 Å². The Morgan fingerprint density at radius 2 is 2.19 bits per heavy atom. The van der Waals surface area contributed by atoms with Crippen molar-refractivity contribution in [2.45, 2.75) is 32.6 Å². The topological polar surface area (TPSA) is 29.0 Å². The van der Waals surface area contributed by atoms with Crippen molar-refractivity contribution in [3.05, 3.63) is 17.4 Å². The largest absolute Gasteiger partial charge is 0.370 e. The zero-order chi connectivity index (χ0) is 11.4. The average Bonchev–Trinajstić information content (AvgIpc) is 2.30. The summed E-state index contributed by atoms with van der Waals surface area (Å²) in [6.45, 7) is 4.50. The Kier molecular flexibility index (Phi) is 3.99. The van der Waals surface area contributed by atoms with Crippen molar-refractivity contribution >= 4 is 17.3 Å². The second kappa shape index (κ2) is 5.48. The van der Waals surface area contributed by atoms with Gasteiger partial charge >= 0.3 is 0 Å². The maximum absolute atomic E-state index is 5.84. The van der Waals surface area contributed by atoms with E-state index in [4.69, 9.17) is 11.6 Å². The van der Waals surface area contributed by atoms with E-state index in [1.807, 2.05) is 6.07 Å². The number of hydrogen-bond donors (Lipinski definition) is 0. The highest BCUT2D eigenvalue weighted by Crippen LogP contribution is 2.26. The minimum Gasteiger partial charge on any atom is -0.370 e. The molecule has 1 aromatic heterocycles. The molecule has 0 amide bonds. The van der Waals surface area contributed by atoms with Gasteiger partial charge in [0, 0.05) is 19.2 Å². The number of rotatable bonds is 3. The molecule has 1 saturated heterocycles. The molecule has 0 bridgehead atoms. The van der Waals surface area contributed by atoms with E-state index in [1.54, 1.807) is 6.20 Å². The molecule has 2 heterocycles. The van der Waals surface area contributed by atoms with E-state index in [0.29, 0.717) is 5.15 Å². The smallest absolute Gasteiger partial charge is 0.153 e. The Labute approximate surface area is 102 Å². The van der Waals surface area contributed by atoms with Gasteiger partial charge in [0.25, 0.3) is 0 Å². The van der Waals surface area contributed by atoms with E-state index in [-0.39, 0.29) is 0 Å². The standard InChI is InChI=1S/C12H18ClN3/c1-2-3-10-4-6-16(7-5-10)11-8-12(13)15-14-9-11/h8-10H,2-7H2,1H3. The molecule has 2 rings (SSSR count). The van der Waals surface area contributed by atoms with Crippen LogP contribution in [-0.4, -0.2) is 23.3 Å². The second-order valence-electron chi connectivity index (χ2n) is 4.46. The van der Waals surface area contributed by atoms with Gasteiger partial charge < -0.3 is 4.90 Å². The lowest BCUT2D eigenvalue weighted by molar-refractivity contribution is 0.378. The SMILES string of the molecule is CCCC1CCN(c2cnnc(Cl)c2)CC1. The molecule has 0 atom stereocenters. The summed E-state index contributed by atoms with van der Waals surface area (Å²) in [4.78, 5) is 2.35. The van der Waals surface area contributed by atoms with Crippen LogP contribution in [0.15, 0.2) is 12.3 Å². The molecule has 0 spiro atoms. The van der Waals surface area contributed by atoms with Crippen molar-refractivity contribution in [2.24, 2.45) is 5.92 Å². The quantitative estimate of drug-likeness (QED) is 0.812. The molecule has 4 heteroatoms. The summed E-state index contributed by atoms with van der Waals surface area (Å²) in [5.74, 6) is 0.909. The van der Waals surface area contributed by atoms with Gasteiger partial charge in [-0.25, -0.2) is 0 Å². The molecule has 88 valence electrons. The first kappa shape index (κ1) is 11.6. The van der Waals surface area contributed by atoms with Gasteiger partial charge in [-0.3, -0.25) is 0 Å². The number of anilines is 1. The highest BCUT2D eigenvalue weighted by Gasteiger charge is 2.18. The summed E-state index contributed by atoms with van der Waals surface area (Å²) in [6, 6.07) is 1.90. The number of piperidine rings is 1. The number of nitrogens with zero attached hydrogens (tertiary/aromatic N) is 3. The molecule has 1 aliphatic heterocycles. The van der Waals surface area contributed by atoms with Crippen LogP contribution in [0.3, 0.4) is 0 Å². The van der Waals surface area contributed by atoms with Gasteiger partial charge in [0.2, 0.25) is 0 Å². The Bertz CT molecular complexity index is 335. The predicted molar refractivity (Wildman–Crippen MR) is 66.9 cm³/mol. The summed E-state index contributed by atoms with van der Waals surface area (Å²) in [5.41, 5.74) is 1.11. The highest BCUT2D eigenvalue weighted by molar-refractivity contribution is 6.29. The first-order valence-electron chi connectivity index (χ1n) is 6.02. The third kappa shape index (κ3) is 2.85. The van der Waals surface area contributed by atoms with Crippen LogP contribution in [0, 0.1) is 5.92 Å². The van der Waals surface area contributed by atoms with Crippen LogP contribution in [0.5, 0.6) is 0 Å². The van der Waals surface area contributed by atoms with Gasteiger partial charge in [-0.05, 0) is 18.8 Å². The molecule has 0 unspecified atom stereocenters. The molecule has 0 aliphatic carbocycles. The predicted octanol–water partition coefficient (Wildman–Crippen LogP) is 3.15. The molecule has 1 aliphatic rings. The lowest BCUT2D eigenvalue weighted by Gasteiger charge is -2.33. The summed E-state index contributed by atoms with van der Waals surface area (Å²) in [5, 5.41) is 8.14. The molecule has 0 N–H and O–H groups in total. The molecule has 3 nitrogen and oxygen atoms in total. The van der Waals surface area contributed by atoms with Crippen LogP contribution in [0.1, 0.15) is 32.6 Å². The normalized spacial score (nSPS) is 17.8. The summed E-state index contributed by atoms with van der Waals surface area (Å²) in [7, 11) is 0. The van der Waals surface area contributed by atoms with E-state index in [9.17, 15) is 0 Å². The van der Waals surface area contributed by atoms with Gasteiger partial charge in [0.05, 0.1) is 11.9 Å². The molecule has 0 radical (unpaired) electrons. The van der Waals surface area contributed by atoms with Crippen molar-refractivity contribution in [1.29, 1.82) is 0 Å². The maximum Gasteiger partial charge on any atom is 0.153 e. The monoisotopic (exact) mass is 239 g/mol. The second-order valence-corrected chi connectivity index (χ2v) is 4.84. The average molecular weight is 240 g/mol. The number of hydrogen-bond acceptors (Lipinski definition) is 3. The zero-order valence-corrected chi connectivity index (χ0v) is 10.5. The highest BCUT2D eigenvalue weighted by atomic mass is 35.5. The minimum atomic E-state index is 0.480. The van der Waals surface area contributed by atoms with Crippen LogP contribution in [0.2, 0.25) is 5.15 Å². The molecule has 1 fully saturated rings. The summed E-state index contributed by atoms with van der Waals surface area (Å²) >= 11 is 5.84. The summed E-state index contributed by atoms with van der Waals surface area (Å²) in [6.07, 6.45) is 7.03. The van der Waals surface area contributed by atoms with E-state index < -0.39 is 0 Å². The molecular formula is C12H18ClN3. The number of aromatic nitrogens is 2. The van der Waals surface area contributed by atoms with Gasteiger partial charge in [-0.2, -0.15) is 5.10 Å². The van der Waals surface area contributed by atoms with Gasteiger partial charge in [0.1, 0.15) is 0 Å². The minimum absolute atomic E-state index is 0.480. The van der Waals surface area contributed by atoms with E-state index in [2.05, 4.69) is 22.0 Å². The van der Waals surface area contributed by atoms with Crippen LogP contribution < -0.4 is 4.90 Å². The van der Waals surface area contributed by atoms with Gasteiger partial charge in [-0.15, -0.1) is 5.10 Å². The first-order valence-corrected chi connectivity index (χ1v) is 6.40. The molecule has 1 aromatic rings. The lowest BCUT2D eigenvalue weighted by atomic mass is 9.92. The van der Waals surface area contributed by atoms with E-state index in [1.165, 1.54) is 25.7 Å². The van der Waals surface area contributed by atoms with Gasteiger partial charge in [-0.1, -0.05) is 31.4 Å². The van der Waals surface area contributed by atoms with Crippen LogP contribution in [0.25, 0.3) is 0 Å². The van der Waals surface area contributed by atoms with Crippen molar-refractivity contribution < 1.29 is 0 Å². The third-order valence-corrected chi connectivity index (χ3v) is 3.47. The molecule has 0 saturated carbocycles. The maximum atomic E-state index is 5.84. The Morgan fingerprint density at radius 3 is 2.81 bits per heavy atom. The first-order chi connectivity index (χ1) is 7.79.